The Morgan fingerprint density at radius 1 is 1.33 bits per heavy atom. The van der Waals surface area contributed by atoms with Crippen LogP contribution in [0.25, 0.3) is 0 Å². The van der Waals surface area contributed by atoms with Crippen molar-refractivity contribution in [1.82, 2.24) is 5.32 Å². The van der Waals surface area contributed by atoms with Gasteiger partial charge < -0.3 is 11.1 Å². The molecule has 0 aliphatic carbocycles. The summed E-state index contributed by atoms with van der Waals surface area (Å²) in [5.74, 6) is -0.339. The molecule has 0 aliphatic rings. The molecule has 0 spiro atoms. The summed E-state index contributed by atoms with van der Waals surface area (Å²) in [6.45, 7) is 6.61. The first-order valence-corrected chi connectivity index (χ1v) is 7.96. The third-order valence-corrected chi connectivity index (χ3v) is 6.03. The number of amides is 1. The zero-order valence-electron chi connectivity index (χ0n) is 11.5. The minimum atomic E-state index is -3.25. The summed E-state index contributed by atoms with van der Waals surface area (Å²) in [6, 6.07) is 0. The van der Waals surface area contributed by atoms with Crippen molar-refractivity contribution in [2.75, 3.05) is 12.8 Å². The molecule has 0 fully saturated rings. The van der Waals surface area contributed by atoms with Crippen LogP contribution in [0.5, 0.6) is 0 Å². The molecular formula is C11H22N2O3S2. The predicted molar refractivity (Wildman–Crippen MR) is 77.1 cm³/mol. The van der Waals surface area contributed by atoms with Crippen LogP contribution in [-0.4, -0.2) is 36.9 Å². The first-order valence-electron chi connectivity index (χ1n) is 5.66. The van der Waals surface area contributed by atoms with Gasteiger partial charge in [0.2, 0.25) is 5.91 Å². The lowest BCUT2D eigenvalue weighted by atomic mass is 9.86. The third-order valence-electron chi connectivity index (χ3n) is 3.43. The molecule has 0 aliphatic heterocycles. The maximum atomic E-state index is 12.0. The van der Waals surface area contributed by atoms with Crippen LogP contribution >= 0.6 is 12.2 Å². The van der Waals surface area contributed by atoms with Gasteiger partial charge in [-0.15, -0.1) is 0 Å². The molecule has 0 aromatic carbocycles. The molecule has 5 nitrogen and oxygen atoms in total. The normalized spacial score (nSPS) is 15.8. The molecule has 0 aromatic rings. The summed E-state index contributed by atoms with van der Waals surface area (Å²) in [5.41, 5.74) is 4.62. The Kier molecular flexibility index (Phi) is 5.31. The Morgan fingerprint density at radius 2 is 1.78 bits per heavy atom. The maximum absolute atomic E-state index is 12.0. The van der Waals surface area contributed by atoms with Crippen molar-refractivity contribution < 1.29 is 13.2 Å². The molecule has 0 heterocycles. The highest BCUT2D eigenvalue weighted by Gasteiger charge is 2.37. The number of nitrogens with two attached hydrogens (primary N) is 1. The first kappa shape index (κ1) is 17.3. The molecule has 0 bridgehead atoms. The molecule has 0 aromatic heterocycles. The van der Waals surface area contributed by atoms with Crippen molar-refractivity contribution in [3.05, 3.63) is 0 Å². The van der Waals surface area contributed by atoms with E-state index < -0.39 is 20.0 Å². The highest BCUT2D eigenvalue weighted by Crippen LogP contribution is 2.22. The molecule has 18 heavy (non-hydrogen) atoms. The van der Waals surface area contributed by atoms with E-state index in [1.54, 1.807) is 27.7 Å². The van der Waals surface area contributed by atoms with E-state index in [1.165, 1.54) is 0 Å². The van der Waals surface area contributed by atoms with Gasteiger partial charge in [-0.25, -0.2) is 8.42 Å². The van der Waals surface area contributed by atoms with Gasteiger partial charge in [-0.1, -0.05) is 19.1 Å². The average Bonchev–Trinajstić information content (AvgIpc) is 2.22. The number of carbonyl (C=O) groups is 1. The van der Waals surface area contributed by atoms with Gasteiger partial charge in [0.25, 0.3) is 0 Å². The topological polar surface area (TPSA) is 89.3 Å². The van der Waals surface area contributed by atoms with Crippen LogP contribution < -0.4 is 11.1 Å². The highest BCUT2D eigenvalue weighted by molar-refractivity contribution is 7.92. The largest absolute Gasteiger partial charge is 0.392 e. The molecule has 7 heteroatoms. The van der Waals surface area contributed by atoms with Crippen molar-refractivity contribution in [3.63, 3.8) is 0 Å². The molecule has 0 saturated heterocycles. The summed E-state index contributed by atoms with van der Waals surface area (Å²) in [7, 11) is -3.25. The number of hydrogen-bond acceptors (Lipinski definition) is 4. The van der Waals surface area contributed by atoms with Crippen molar-refractivity contribution in [3.8, 4) is 0 Å². The molecule has 0 radical (unpaired) electrons. The number of thiocarbonyl (C=S) groups is 1. The van der Waals surface area contributed by atoms with Gasteiger partial charge in [-0.05, 0) is 27.2 Å². The van der Waals surface area contributed by atoms with Gasteiger partial charge in [0.1, 0.15) is 0 Å². The Hall–Kier alpha value is -0.690. The van der Waals surface area contributed by atoms with Gasteiger partial charge in [0, 0.05) is 12.8 Å². The fourth-order valence-electron chi connectivity index (χ4n) is 1.07. The van der Waals surface area contributed by atoms with E-state index in [9.17, 15) is 13.2 Å². The Bertz CT molecular complexity index is 443. The van der Waals surface area contributed by atoms with E-state index >= 15 is 0 Å². The SMILES string of the molecule is CCC(C)(C(=O)NCC(C)(C)S(C)(=O)=O)C(N)=S. The number of rotatable bonds is 6. The van der Waals surface area contributed by atoms with Crippen molar-refractivity contribution in [1.29, 1.82) is 0 Å². The third kappa shape index (κ3) is 3.65. The summed E-state index contributed by atoms with van der Waals surface area (Å²) in [4.78, 5) is 12.1. The predicted octanol–water partition coefficient (Wildman–Crippen LogP) is 0.628. The Morgan fingerprint density at radius 3 is 2.06 bits per heavy atom. The van der Waals surface area contributed by atoms with E-state index in [0.717, 1.165) is 6.26 Å². The molecule has 1 unspecified atom stereocenters. The van der Waals surface area contributed by atoms with E-state index in [1.807, 2.05) is 0 Å². The molecule has 1 atom stereocenters. The number of hydrogen-bond donors (Lipinski definition) is 2. The van der Waals surface area contributed by atoms with Crippen LogP contribution in [-0.2, 0) is 14.6 Å². The van der Waals surface area contributed by atoms with Crippen molar-refractivity contribution >= 4 is 33.0 Å². The van der Waals surface area contributed by atoms with Gasteiger partial charge in [0.05, 0.1) is 15.2 Å². The lowest BCUT2D eigenvalue weighted by molar-refractivity contribution is -0.127. The summed E-state index contributed by atoms with van der Waals surface area (Å²) >= 11 is 4.89. The van der Waals surface area contributed by atoms with Crippen molar-refractivity contribution in [2.24, 2.45) is 11.1 Å². The first-order chi connectivity index (χ1) is 7.88. The fourth-order valence-corrected chi connectivity index (χ4v) is 1.64. The summed E-state index contributed by atoms with van der Waals surface area (Å²) < 4.78 is 22.0. The van der Waals surface area contributed by atoms with Crippen molar-refractivity contribution in [2.45, 2.75) is 38.9 Å². The van der Waals surface area contributed by atoms with E-state index in [2.05, 4.69) is 5.32 Å². The quantitative estimate of drug-likeness (QED) is 0.701. The number of sulfone groups is 1. The standard InChI is InChI=1S/C11H22N2O3S2/c1-6-11(4,8(12)17)9(14)13-7-10(2,3)18(5,15)16/h6-7H2,1-5H3,(H2,12,17)(H,13,14). The Labute approximate surface area is 114 Å². The second-order valence-electron chi connectivity index (χ2n) is 5.26. The molecular weight excluding hydrogens is 272 g/mol. The minimum absolute atomic E-state index is 0.0306. The van der Waals surface area contributed by atoms with Gasteiger partial charge >= 0.3 is 0 Å². The molecule has 1 amide bonds. The number of nitrogens with one attached hydrogen (secondary N) is 1. The molecule has 0 rings (SSSR count). The lowest BCUT2D eigenvalue weighted by Gasteiger charge is -2.29. The van der Waals surface area contributed by atoms with Crippen LogP contribution in [0.3, 0.4) is 0 Å². The summed E-state index contributed by atoms with van der Waals surface area (Å²) in [5, 5.41) is 2.62. The van der Waals surface area contributed by atoms with E-state index in [0.29, 0.717) is 6.42 Å². The van der Waals surface area contributed by atoms with Crippen LogP contribution in [0.2, 0.25) is 0 Å². The summed E-state index contributed by atoms with van der Waals surface area (Å²) in [6.07, 6.45) is 1.61. The van der Waals surface area contributed by atoms with Crippen LogP contribution in [0.4, 0.5) is 0 Å². The molecule has 0 saturated carbocycles. The zero-order chi connectivity index (χ0) is 14.8. The molecule has 3 N–H and O–H groups in total. The fraction of sp³-hybridized carbons (Fsp3) is 0.818. The van der Waals surface area contributed by atoms with Crippen LogP contribution in [0.1, 0.15) is 34.1 Å². The highest BCUT2D eigenvalue weighted by atomic mass is 32.2. The van der Waals surface area contributed by atoms with Crippen LogP contribution in [0, 0.1) is 5.41 Å². The zero-order valence-corrected chi connectivity index (χ0v) is 13.2. The van der Waals surface area contributed by atoms with Gasteiger partial charge in [-0.2, -0.15) is 0 Å². The van der Waals surface area contributed by atoms with Gasteiger partial charge in [-0.3, -0.25) is 4.79 Å². The second kappa shape index (κ2) is 5.52. The number of carbonyl (C=O) groups excluding carboxylic acids is 1. The lowest BCUT2D eigenvalue weighted by Crippen LogP contribution is -2.51. The average molecular weight is 294 g/mol. The maximum Gasteiger partial charge on any atom is 0.232 e. The van der Waals surface area contributed by atoms with E-state index in [-0.39, 0.29) is 17.4 Å². The second-order valence-corrected chi connectivity index (χ2v) is 8.35. The minimum Gasteiger partial charge on any atom is -0.392 e. The van der Waals surface area contributed by atoms with E-state index in [4.69, 9.17) is 18.0 Å². The van der Waals surface area contributed by atoms with Gasteiger partial charge in [0.15, 0.2) is 9.84 Å². The smallest absolute Gasteiger partial charge is 0.232 e. The Balaban J connectivity index is 4.87. The van der Waals surface area contributed by atoms with Crippen LogP contribution in [0.15, 0.2) is 0 Å². The monoisotopic (exact) mass is 294 g/mol. The molecule has 106 valence electrons.